The molecule has 0 aromatic heterocycles. The maximum Gasteiger partial charge on any atom is 0.325 e. The molecule has 0 bridgehead atoms. The number of benzene rings is 2. The first kappa shape index (κ1) is 21.3. The number of amides is 2. The number of hydrogen-bond donors (Lipinski definition) is 4. The van der Waals surface area contributed by atoms with Crippen LogP contribution in [0.5, 0.6) is 0 Å². The van der Waals surface area contributed by atoms with Crippen molar-refractivity contribution < 1.29 is 14.3 Å². The first-order valence-corrected chi connectivity index (χ1v) is 10.8. The Labute approximate surface area is 186 Å². The molecule has 0 spiro atoms. The number of hydrogen-bond acceptors (Lipinski definition) is 6. The van der Waals surface area contributed by atoms with Gasteiger partial charge in [0.05, 0.1) is 23.0 Å². The van der Waals surface area contributed by atoms with Crippen molar-refractivity contribution in [2.24, 2.45) is 5.92 Å². The SMILES string of the molecule is CCOC(=O)CNC(=O)NCc1ccc(-c2ccc3c(c2Cl)NNN3CC2CC2)cc1. The topological polar surface area (TPSA) is 94.7 Å². The van der Waals surface area contributed by atoms with Gasteiger partial charge >= 0.3 is 12.0 Å². The second-order valence-electron chi connectivity index (χ2n) is 7.65. The van der Waals surface area contributed by atoms with Gasteiger partial charge in [0.25, 0.3) is 0 Å². The van der Waals surface area contributed by atoms with Gasteiger partial charge in [-0.15, -0.1) is 5.53 Å². The lowest BCUT2D eigenvalue weighted by atomic mass is 10.0. The highest BCUT2D eigenvalue weighted by Gasteiger charge is 2.29. The molecule has 2 amide bonds. The Morgan fingerprint density at radius 1 is 1.16 bits per heavy atom. The summed E-state index contributed by atoms with van der Waals surface area (Å²) in [6.07, 6.45) is 2.57. The molecule has 1 aliphatic heterocycles. The molecule has 1 heterocycles. The molecule has 4 rings (SSSR count). The molecule has 8 nitrogen and oxygen atoms in total. The lowest BCUT2D eigenvalue weighted by Crippen LogP contribution is -2.38. The van der Waals surface area contributed by atoms with E-state index in [9.17, 15) is 9.59 Å². The Morgan fingerprint density at radius 2 is 1.94 bits per heavy atom. The smallest absolute Gasteiger partial charge is 0.325 e. The van der Waals surface area contributed by atoms with Crippen LogP contribution in [0.4, 0.5) is 16.2 Å². The molecule has 1 aliphatic carbocycles. The average molecular weight is 444 g/mol. The van der Waals surface area contributed by atoms with Crippen molar-refractivity contribution in [3.05, 3.63) is 47.0 Å². The molecule has 2 aromatic rings. The predicted octanol–water partition coefficient (Wildman–Crippen LogP) is 3.43. The van der Waals surface area contributed by atoms with Crippen molar-refractivity contribution >= 4 is 35.0 Å². The number of urea groups is 1. The van der Waals surface area contributed by atoms with E-state index in [0.717, 1.165) is 40.5 Å². The van der Waals surface area contributed by atoms with Gasteiger partial charge < -0.3 is 20.8 Å². The summed E-state index contributed by atoms with van der Waals surface area (Å²) in [5.74, 6) is 0.292. The molecule has 1 fully saturated rings. The van der Waals surface area contributed by atoms with Crippen molar-refractivity contribution in [3.63, 3.8) is 0 Å². The van der Waals surface area contributed by atoms with Crippen LogP contribution in [0, 0.1) is 5.92 Å². The number of rotatable bonds is 8. The molecule has 0 radical (unpaired) electrons. The predicted molar refractivity (Wildman–Crippen MR) is 121 cm³/mol. The second-order valence-corrected chi connectivity index (χ2v) is 8.03. The van der Waals surface area contributed by atoms with Crippen LogP contribution in [0.3, 0.4) is 0 Å². The van der Waals surface area contributed by atoms with Crippen LogP contribution >= 0.6 is 11.6 Å². The number of ether oxygens (including phenoxy) is 1. The monoisotopic (exact) mass is 443 g/mol. The number of hydrazine groups is 2. The van der Waals surface area contributed by atoms with E-state index >= 15 is 0 Å². The third-order valence-corrected chi connectivity index (χ3v) is 5.67. The van der Waals surface area contributed by atoms with Crippen molar-refractivity contribution in [2.75, 3.05) is 30.1 Å². The van der Waals surface area contributed by atoms with Crippen LogP contribution in [-0.4, -0.2) is 31.7 Å². The van der Waals surface area contributed by atoms with Gasteiger partial charge in [0.2, 0.25) is 0 Å². The third-order valence-electron chi connectivity index (χ3n) is 5.28. The normalized spacial score (nSPS) is 14.6. The zero-order chi connectivity index (χ0) is 21.8. The highest BCUT2D eigenvalue weighted by Crippen LogP contribution is 2.43. The Hall–Kier alpha value is -2.97. The van der Waals surface area contributed by atoms with E-state index in [4.69, 9.17) is 16.3 Å². The summed E-state index contributed by atoms with van der Waals surface area (Å²) in [5.41, 5.74) is 11.2. The molecule has 2 aromatic carbocycles. The molecule has 9 heteroatoms. The molecular weight excluding hydrogens is 418 g/mol. The zero-order valence-electron chi connectivity index (χ0n) is 17.3. The molecule has 2 aliphatic rings. The van der Waals surface area contributed by atoms with E-state index in [1.165, 1.54) is 12.8 Å². The van der Waals surface area contributed by atoms with Crippen LogP contribution in [0.15, 0.2) is 36.4 Å². The lowest BCUT2D eigenvalue weighted by molar-refractivity contribution is -0.141. The van der Waals surface area contributed by atoms with E-state index in [0.29, 0.717) is 11.6 Å². The summed E-state index contributed by atoms with van der Waals surface area (Å²) < 4.78 is 4.77. The minimum Gasteiger partial charge on any atom is -0.465 e. The van der Waals surface area contributed by atoms with Gasteiger partial charge in [-0.3, -0.25) is 9.80 Å². The van der Waals surface area contributed by atoms with Gasteiger partial charge in [-0.1, -0.05) is 41.9 Å². The first-order chi connectivity index (χ1) is 15.0. The summed E-state index contributed by atoms with van der Waals surface area (Å²) in [4.78, 5) is 23.1. The molecule has 31 heavy (non-hydrogen) atoms. The summed E-state index contributed by atoms with van der Waals surface area (Å²) in [7, 11) is 0. The average Bonchev–Trinajstić information content (AvgIpc) is 3.50. The fraction of sp³-hybridized carbons (Fsp3) is 0.364. The Kier molecular flexibility index (Phi) is 6.48. The van der Waals surface area contributed by atoms with Gasteiger partial charge in [0.1, 0.15) is 6.54 Å². The zero-order valence-corrected chi connectivity index (χ0v) is 18.1. The van der Waals surface area contributed by atoms with Gasteiger partial charge in [0, 0.05) is 18.7 Å². The summed E-state index contributed by atoms with van der Waals surface area (Å²) in [6.45, 7) is 3.17. The maximum atomic E-state index is 11.8. The van der Waals surface area contributed by atoms with Crippen LogP contribution in [0.25, 0.3) is 11.1 Å². The standard InChI is InChI=1S/C22H26ClN5O3/c1-2-31-19(29)12-25-22(30)24-11-14-5-7-16(8-6-14)17-9-10-18-21(20(17)23)26-27-28(18)13-15-3-4-15/h5-10,15,26-27H,2-4,11-13H2,1H3,(H2,24,25,30). The molecule has 164 valence electrons. The first-order valence-electron chi connectivity index (χ1n) is 10.4. The molecule has 4 N–H and O–H groups in total. The van der Waals surface area contributed by atoms with Crippen molar-refractivity contribution in [2.45, 2.75) is 26.3 Å². The number of carbonyl (C=O) groups is 2. The number of fused-ring (bicyclic) bond motifs is 1. The third kappa shape index (κ3) is 5.21. The summed E-state index contributed by atoms with van der Waals surface area (Å²) in [6, 6.07) is 11.5. The highest BCUT2D eigenvalue weighted by atomic mass is 35.5. The Balaban J connectivity index is 1.35. The molecular formula is C22H26ClN5O3. The number of anilines is 2. The van der Waals surface area contributed by atoms with Crippen molar-refractivity contribution in [3.8, 4) is 11.1 Å². The number of esters is 1. The highest BCUT2D eigenvalue weighted by molar-refractivity contribution is 6.37. The van der Waals surface area contributed by atoms with E-state index < -0.39 is 12.0 Å². The van der Waals surface area contributed by atoms with Gasteiger partial charge in [-0.05, 0) is 42.9 Å². The Bertz CT molecular complexity index is 962. The van der Waals surface area contributed by atoms with E-state index in [-0.39, 0.29) is 13.2 Å². The number of nitrogens with zero attached hydrogens (tertiary/aromatic N) is 1. The van der Waals surface area contributed by atoms with Crippen LogP contribution in [0.1, 0.15) is 25.3 Å². The molecule has 0 atom stereocenters. The van der Waals surface area contributed by atoms with E-state index in [2.05, 4.69) is 32.7 Å². The van der Waals surface area contributed by atoms with Crippen LogP contribution in [-0.2, 0) is 16.1 Å². The fourth-order valence-corrected chi connectivity index (χ4v) is 3.75. The number of halogens is 1. The minimum absolute atomic E-state index is 0.156. The fourth-order valence-electron chi connectivity index (χ4n) is 3.43. The van der Waals surface area contributed by atoms with Gasteiger partial charge in [-0.2, -0.15) is 0 Å². The number of carbonyl (C=O) groups excluding carboxylic acids is 2. The second kappa shape index (κ2) is 9.45. The summed E-state index contributed by atoms with van der Waals surface area (Å²) in [5, 5.41) is 7.97. The van der Waals surface area contributed by atoms with E-state index in [1.807, 2.05) is 30.3 Å². The van der Waals surface area contributed by atoms with Crippen molar-refractivity contribution in [1.29, 1.82) is 0 Å². The molecule has 0 unspecified atom stereocenters. The maximum absolute atomic E-state index is 11.8. The lowest BCUT2D eigenvalue weighted by Gasteiger charge is -2.17. The number of nitrogens with one attached hydrogen (secondary N) is 4. The largest absolute Gasteiger partial charge is 0.465 e. The molecule has 0 saturated heterocycles. The van der Waals surface area contributed by atoms with E-state index in [1.54, 1.807) is 6.92 Å². The van der Waals surface area contributed by atoms with Crippen LogP contribution < -0.4 is 26.6 Å². The quantitative estimate of drug-likeness (QED) is 0.467. The van der Waals surface area contributed by atoms with Crippen LogP contribution in [0.2, 0.25) is 5.02 Å². The molecule has 1 saturated carbocycles. The van der Waals surface area contributed by atoms with Gasteiger partial charge in [0.15, 0.2) is 0 Å². The van der Waals surface area contributed by atoms with Crippen molar-refractivity contribution in [1.82, 2.24) is 16.2 Å². The summed E-state index contributed by atoms with van der Waals surface area (Å²) >= 11 is 6.70. The minimum atomic E-state index is -0.464. The Morgan fingerprint density at radius 3 is 2.65 bits per heavy atom. The van der Waals surface area contributed by atoms with Gasteiger partial charge in [-0.25, -0.2) is 4.79 Å².